The summed E-state index contributed by atoms with van der Waals surface area (Å²) in [7, 11) is 3.23. The number of rotatable bonds is 5. The van der Waals surface area contributed by atoms with Crippen molar-refractivity contribution in [2.24, 2.45) is 0 Å². The van der Waals surface area contributed by atoms with Crippen LogP contribution in [0.4, 0.5) is 0 Å². The Morgan fingerprint density at radius 2 is 2.00 bits per heavy atom. The molecule has 3 rings (SSSR count). The zero-order valence-corrected chi connectivity index (χ0v) is 13.0. The fourth-order valence-corrected chi connectivity index (χ4v) is 2.63. The van der Waals surface area contributed by atoms with Crippen LogP contribution in [0, 0.1) is 0 Å². The van der Waals surface area contributed by atoms with Gasteiger partial charge in [-0.15, -0.1) is 0 Å². The van der Waals surface area contributed by atoms with Crippen LogP contribution in [0.1, 0.15) is 43.1 Å². The predicted molar refractivity (Wildman–Crippen MR) is 79.2 cm³/mol. The Hall–Kier alpha value is -2.08. The first-order chi connectivity index (χ1) is 10.7. The Kier molecular flexibility index (Phi) is 4.29. The van der Waals surface area contributed by atoms with Gasteiger partial charge in [-0.05, 0) is 37.5 Å². The van der Waals surface area contributed by atoms with Crippen LogP contribution >= 0.6 is 0 Å². The Morgan fingerprint density at radius 1 is 1.18 bits per heavy atom. The first-order valence-electron chi connectivity index (χ1n) is 7.38. The van der Waals surface area contributed by atoms with Gasteiger partial charge in [0.15, 0.2) is 17.3 Å². The lowest BCUT2D eigenvalue weighted by molar-refractivity contribution is 0.0355. The molecule has 0 saturated carbocycles. The van der Waals surface area contributed by atoms with E-state index in [2.05, 4.69) is 17.1 Å². The highest BCUT2D eigenvalue weighted by Gasteiger charge is 2.28. The zero-order valence-electron chi connectivity index (χ0n) is 13.0. The molecule has 1 saturated heterocycles. The van der Waals surface area contributed by atoms with Crippen LogP contribution in [0.25, 0.3) is 0 Å². The Labute approximate surface area is 129 Å². The Morgan fingerprint density at radius 3 is 2.68 bits per heavy atom. The molecule has 1 fully saturated rings. The summed E-state index contributed by atoms with van der Waals surface area (Å²) in [4.78, 5) is 4.45. The molecule has 6 nitrogen and oxygen atoms in total. The van der Waals surface area contributed by atoms with Gasteiger partial charge in [-0.25, -0.2) is 0 Å². The first kappa shape index (κ1) is 14.8. The third-order valence-corrected chi connectivity index (χ3v) is 3.80. The molecule has 0 radical (unpaired) electrons. The van der Waals surface area contributed by atoms with E-state index in [1.165, 1.54) is 0 Å². The second-order valence-corrected chi connectivity index (χ2v) is 5.43. The Bertz CT molecular complexity index is 641. The molecule has 0 spiro atoms. The van der Waals surface area contributed by atoms with E-state index < -0.39 is 0 Å². The molecule has 6 heteroatoms. The van der Waals surface area contributed by atoms with E-state index in [0.717, 1.165) is 18.4 Å². The van der Waals surface area contributed by atoms with Crippen molar-refractivity contribution in [1.29, 1.82) is 0 Å². The lowest BCUT2D eigenvalue weighted by Gasteiger charge is -2.08. The van der Waals surface area contributed by atoms with E-state index in [0.29, 0.717) is 29.6 Å². The van der Waals surface area contributed by atoms with E-state index in [9.17, 15) is 0 Å². The lowest BCUT2D eigenvalue weighted by atomic mass is 10.1. The monoisotopic (exact) mass is 304 g/mol. The van der Waals surface area contributed by atoms with Crippen LogP contribution in [0.15, 0.2) is 22.7 Å². The van der Waals surface area contributed by atoms with Crippen LogP contribution < -0.4 is 9.47 Å². The second-order valence-electron chi connectivity index (χ2n) is 5.43. The molecule has 22 heavy (non-hydrogen) atoms. The highest BCUT2D eigenvalue weighted by molar-refractivity contribution is 5.43. The number of ether oxygens (including phenoxy) is 3. The number of aromatic nitrogens is 2. The van der Waals surface area contributed by atoms with Gasteiger partial charge in [0.25, 0.3) is 5.89 Å². The topological polar surface area (TPSA) is 66.6 Å². The predicted octanol–water partition coefficient (Wildman–Crippen LogP) is 2.92. The summed E-state index contributed by atoms with van der Waals surface area (Å²) in [6.07, 6.45) is 2.72. The van der Waals surface area contributed by atoms with E-state index >= 15 is 0 Å². The number of nitrogens with zero attached hydrogens (tertiary/aromatic N) is 2. The summed E-state index contributed by atoms with van der Waals surface area (Å²) in [5.74, 6) is 2.61. The third kappa shape index (κ3) is 3.06. The summed E-state index contributed by atoms with van der Waals surface area (Å²) in [6, 6.07) is 5.76. The summed E-state index contributed by atoms with van der Waals surface area (Å²) in [5.41, 5.74) is 1.03. The number of hydrogen-bond donors (Lipinski definition) is 0. The Balaban J connectivity index is 1.72. The lowest BCUT2D eigenvalue weighted by Crippen LogP contribution is -2.01. The summed E-state index contributed by atoms with van der Waals surface area (Å²) >= 11 is 0. The van der Waals surface area contributed by atoms with Crippen LogP contribution in [0.5, 0.6) is 11.5 Å². The highest BCUT2D eigenvalue weighted by Crippen LogP contribution is 2.32. The molecule has 0 aliphatic carbocycles. The normalized spacial score (nSPS) is 21.0. The maximum absolute atomic E-state index is 5.74. The van der Waals surface area contributed by atoms with Crippen molar-refractivity contribution in [3.63, 3.8) is 0 Å². The summed E-state index contributed by atoms with van der Waals surface area (Å²) in [5, 5.41) is 4.04. The molecule has 0 amide bonds. The fraction of sp³-hybridized carbons (Fsp3) is 0.500. The molecule has 118 valence electrons. The standard InChI is InChI=1S/C16H20N2O4/c1-10-4-6-13(21-10)16-17-15(18-22-16)9-11-5-7-12(19-2)14(8-11)20-3/h5,7-8,10,13H,4,6,9H2,1-3H3/t10-,13-/m1/s1. The van der Waals surface area contributed by atoms with Gasteiger partial charge in [-0.2, -0.15) is 4.98 Å². The van der Waals surface area contributed by atoms with Crippen molar-refractivity contribution in [3.8, 4) is 11.5 Å². The maximum atomic E-state index is 5.74. The molecule has 2 heterocycles. The van der Waals surface area contributed by atoms with Gasteiger partial charge in [0.1, 0.15) is 6.10 Å². The van der Waals surface area contributed by atoms with Crippen molar-refractivity contribution in [3.05, 3.63) is 35.5 Å². The summed E-state index contributed by atoms with van der Waals surface area (Å²) in [6.45, 7) is 2.06. The van der Waals surface area contributed by atoms with E-state index in [-0.39, 0.29) is 12.2 Å². The zero-order chi connectivity index (χ0) is 15.5. The SMILES string of the molecule is COc1ccc(Cc2noc([C@H]3CC[C@@H](C)O3)n2)cc1OC. The highest BCUT2D eigenvalue weighted by atomic mass is 16.5. The van der Waals surface area contributed by atoms with Crippen LogP contribution in [0.3, 0.4) is 0 Å². The minimum Gasteiger partial charge on any atom is -0.493 e. The molecule has 2 atom stereocenters. The molecule has 0 N–H and O–H groups in total. The van der Waals surface area contributed by atoms with Gasteiger partial charge >= 0.3 is 0 Å². The smallest absolute Gasteiger partial charge is 0.255 e. The van der Waals surface area contributed by atoms with Gasteiger partial charge in [0.2, 0.25) is 0 Å². The van der Waals surface area contributed by atoms with Crippen molar-refractivity contribution in [1.82, 2.24) is 10.1 Å². The largest absolute Gasteiger partial charge is 0.493 e. The van der Waals surface area contributed by atoms with Crippen LogP contribution in [-0.2, 0) is 11.2 Å². The average molecular weight is 304 g/mol. The molecule has 1 aromatic heterocycles. The van der Waals surface area contributed by atoms with E-state index in [1.807, 2.05) is 18.2 Å². The van der Waals surface area contributed by atoms with Crippen molar-refractivity contribution >= 4 is 0 Å². The van der Waals surface area contributed by atoms with Gasteiger partial charge < -0.3 is 18.7 Å². The van der Waals surface area contributed by atoms with Gasteiger partial charge in [0, 0.05) is 6.42 Å². The number of hydrogen-bond acceptors (Lipinski definition) is 6. The molecule has 1 aliphatic rings. The summed E-state index contributed by atoms with van der Waals surface area (Å²) < 4.78 is 21.6. The van der Waals surface area contributed by atoms with Crippen LogP contribution in [0.2, 0.25) is 0 Å². The van der Waals surface area contributed by atoms with Crippen molar-refractivity contribution in [2.45, 2.75) is 38.4 Å². The molecular formula is C16H20N2O4. The van der Waals surface area contributed by atoms with Gasteiger partial charge in [-0.1, -0.05) is 11.2 Å². The van der Waals surface area contributed by atoms with Gasteiger partial charge in [-0.3, -0.25) is 0 Å². The quantitative estimate of drug-likeness (QED) is 0.846. The van der Waals surface area contributed by atoms with E-state index in [1.54, 1.807) is 14.2 Å². The first-order valence-corrected chi connectivity index (χ1v) is 7.38. The molecule has 2 aromatic rings. The molecule has 0 bridgehead atoms. The third-order valence-electron chi connectivity index (χ3n) is 3.80. The molecular weight excluding hydrogens is 284 g/mol. The van der Waals surface area contributed by atoms with Crippen molar-refractivity contribution < 1.29 is 18.7 Å². The average Bonchev–Trinajstić information content (AvgIpc) is 3.16. The van der Waals surface area contributed by atoms with E-state index in [4.69, 9.17) is 18.7 Å². The molecule has 1 aromatic carbocycles. The molecule has 0 unspecified atom stereocenters. The minimum absolute atomic E-state index is 0.0679. The molecule has 1 aliphatic heterocycles. The van der Waals surface area contributed by atoms with Crippen molar-refractivity contribution in [2.75, 3.05) is 14.2 Å². The minimum atomic E-state index is -0.0679. The second kappa shape index (κ2) is 6.36. The van der Waals surface area contributed by atoms with Gasteiger partial charge in [0.05, 0.1) is 20.3 Å². The maximum Gasteiger partial charge on any atom is 0.255 e. The number of benzene rings is 1. The fourth-order valence-electron chi connectivity index (χ4n) is 2.63. The van der Waals surface area contributed by atoms with Crippen LogP contribution in [-0.4, -0.2) is 30.5 Å². The number of methoxy groups -OCH3 is 2.